The Hall–Kier alpha value is -2.18. The lowest BCUT2D eigenvalue weighted by Crippen LogP contribution is -2.14. The van der Waals surface area contributed by atoms with Gasteiger partial charge in [0.25, 0.3) is 0 Å². The molecule has 0 aliphatic carbocycles. The predicted octanol–water partition coefficient (Wildman–Crippen LogP) is 5.48. The molecule has 0 saturated heterocycles. The van der Waals surface area contributed by atoms with Crippen molar-refractivity contribution in [3.05, 3.63) is 70.3 Å². The van der Waals surface area contributed by atoms with Crippen molar-refractivity contribution in [1.29, 1.82) is 0 Å². The molecule has 0 fully saturated rings. The minimum atomic E-state index is -3.64. The van der Waals surface area contributed by atoms with Crippen LogP contribution in [0.1, 0.15) is 9.67 Å². The number of anilines is 1. The van der Waals surface area contributed by atoms with Crippen LogP contribution >= 0.6 is 30.5 Å². The third-order valence-corrected chi connectivity index (χ3v) is 7.20. The highest BCUT2D eigenvalue weighted by Crippen LogP contribution is 2.48. The molecule has 1 unspecified atom stereocenters. The van der Waals surface area contributed by atoms with Crippen LogP contribution in [0.5, 0.6) is 0 Å². The minimum Gasteiger partial charge on any atom is -0.477 e. The van der Waals surface area contributed by atoms with E-state index in [2.05, 4.69) is 5.09 Å². The second-order valence-electron chi connectivity index (χ2n) is 5.49. The van der Waals surface area contributed by atoms with Gasteiger partial charge in [0.1, 0.15) is 10.7 Å². The summed E-state index contributed by atoms with van der Waals surface area (Å²) in [5, 5.41) is 13.0. The summed E-state index contributed by atoms with van der Waals surface area (Å²) in [5.41, 5.74) is 0.931. The van der Waals surface area contributed by atoms with Gasteiger partial charge >= 0.3 is 13.5 Å². The van der Waals surface area contributed by atoms with Crippen molar-refractivity contribution in [1.82, 2.24) is 0 Å². The van der Waals surface area contributed by atoms with Gasteiger partial charge in [0.2, 0.25) is 0 Å². The van der Waals surface area contributed by atoms with Crippen LogP contribution in [0.3, 0.4) is 0 Å². The SMILES string of the molecule is COP(=O)(Nc1cc(-c2ccc(Cl)cc2)sc1C(=O)O)c1ccc(F)cc1. The molecule has 3 rings (SSSR count). The van der Waals surface area contributed by atoms with Gasteiger partial charge in [-0.05, 0) is 48.0 Å². The molecule has 0 bridgehead atoms. The molecule has 0 amide bonds. The summed E-state index contributed by atoms with van der Waals surface area (Å²) in [6.07, 6.45) is 0. The van der Waals surface area contributed by atoms with Gasteiger partial charge in [0.05, 0.1) is 11.0 Å². The average Bonchev–Trinajstić information content (AvgIpc) is 3.06. The zero-order chi connectivity index (χ0) is 19.6. The molecule has 1 aromatic heterocycles. The molecular formula is C18H14ClFNO4PS. The van der Waals surface area contributed by atoms with E-state index in [9.17, 15) is 18.9 Å². The first-order valence-electron chi connectivity index (χ1n) is 7.65. The first-order valence-corrected chi connectivity index (χ1v) is 10.5. The average molecular weight is 426 g/mol. The molecular weight excluding hydrogens is 412 g/mol. The number of aromatic carboxylic acids is 1. The first kappa shape index (κ1) is 19.6. The number of hydrogen-bond donors (Lipinski definition) is 2. The van der Waals surface area contributed by atoms with E-state index in [-0.39, 0.29) is 15.9 Å². The molecule has 9 heteroatoms. The highest BCUT2D eigenvalue weighted by Gasteiger charge is 2.28. The molecule has 0 spiro atoms. The van der Waals surface area contributed by atoms with Crippen molar-refractivity contribution in [3.63, 3.8) is 0 Å². The molecule has 2 N–H and O–H groups in total. The number of carbonyl (C=O) groups is 1. The van der Waals surface area contributed by atoms with Crippen molar-refractivity contribution in [2.75, 3.05) is 12.2 Å². The molecule has 140 valence electrons. The molecule has 0 radical (unpaired) electrons. The topological polar surface area (TPSA) is 75.6 Å². The van der Waals surface area contributed by atoms with Crippen LogP contribution in [0.25, 0.3) is 10.4 Å². The van der Waals surface area contributed by atoms with Crippen LogP contribution in [0.15, 0.2) is 54.6 Å². The number of rotatable bonds is 6. The molecule has 1 heterocycles. The quantitative estimate of drug-likeness (QED) is 0.511. The van der Waals surface area contributed by atoms with Crippen molar-refractivity contribution < 1.29 is 23.4 Å². The number of thiophene rings is 1. The predicted molar refractivity (Wildman–Crippen MR) is 106 cm³/mol. The van der Waals surface area contributed by atoms with Gasteiger partial charge in [-0.25, -0.2) is 9.18 Å². The van der Waals surface area contributed by atoms with E-state index >= 15 is 0 Å². The fourth-order valence-corrected chi connectivity index (χ4v) is 5.03. The van der Waals surface area contributed by atoms with Gasteiger partial charge in [0, 0.05) is 17.0 Å². The summed E-state index contributed by atoms with van der Waals surface area (Å²) in [5.74, 6) is -1.64. The van der Waals surface area contributed by atoms with Gasteiger partial charge in [-0.2, -0.15) is 0 Å². The van der Waals surface area contributed by atoms with E-state index in [4.69, 9.17) is 16.1 Å². The second-order valence-corrected chi connectivity index (χ2v) is 9.18. The molecule has 27 heavy (non-hydrogen) atoms. The summed E-state index contributed by atoms with van der Waals surface area (Å²) in [6.45, 7) is 0. The molecule has 0 aliphatic rings. The zero-order valence-electron chi connectivity index (χ0n) is 14.0. The largest absolute Gasteiger partial charge is 0.477 e. The van der Waals surface area contributed by atoms with Gasteiger partial charge < -0.3 is 14.7 Å². The molecule has 2 aromatic carbocycles. The number of nitrogens with one attached hydrogen (secondary N) is 1. The van der Waals surface area contributed by atoms with Crippen LogP contribution in [0.4, 0.5) is 10.1 Å². The summed E-state index contributed by atoms with van der Waals surface area (Å²) >= 11 is 6.92. The van der Waals surface area contributed by atoms with Gasteiger partial charge in [-0.3, -0.25) is 4.57 Å². The van der Waals surface area contributed by atoms with E-state index in [0.717, 1.165) is 29.0 Å². The fraction of sp³-hybridized carbons (Fsp3) is 0.0556. The maximum Gasteiger partial charge on any atom is 0.348 e. The fourth-order valence-electron chi connectivity index (χ4n) is 2.40. The summed E-state index contributed by atoms with van der Waals surface area (Å²) < 4.78 is 31.5. The highest BCUT2D eigenvalue weighted by atomic mass is 35.5. The maximum absolute atomic E-state index is 13.2. The lowest BCUT2D eigenvalue weighted by molar-refractivity contribution is 0.0703. The van der Waals surface area contributed by atoms with Gasteiger partial charge in [-0.1, -0.05) is 23.7 Å². The minimum absolute atomic E-state index is 0.0145. The van der Waals surface area contributed by atoms with Crippen LogP contribution < -0.4 is 10.4 Å². The number of carboxylic acids is 1. The normalized spacial score (nSPS) is 13.1. The van der Waals surface area contributed by atoms with Crippen LogP contribution in [0.2, 0.25) is 5.02 Å². The lowest BCUT2D eigenvalue weighted by Gasteiger charge is -2.18. The summed E-state index contributed by atoms with van der Waals surface area (Å²) in [4.78, 5) is 12.3. The standard InChI is InChI=1S/C18H14ClFNO4PS/c1-25-26(24,14-8-6-13(20)7-9-14)21-15-10-16(27-17(15)18(22)23)11-2-4-12(19)5-3-11/h2-10H,1H3,(H,21,24)(H,22,23). The Labute approximate surface area is 163 Å². The highest BCUT2D eigenvalue weighted by molar-refractivity contribution is 7.68. The van der Waals surface area contributed by atoms with Crippen LogP contribution in [0, 0.1) is 5.82 Å². The Morgan fingerprint density at radius 1 is 1.19 bits per heavy atom. The molecule has 1 atom stereocenters. The number of hydrogen-bond acceptors (Lipinski definition) is 4. The second kappa shape index (κ2) is 7.82. The summed E-state index contributed by atoms with van der Waals surface area (Å²) in [7, 11) is -2.40. The van der Waals surface area contributed by atoms with Crippen molar-refractivity contribution >= 4 is 47.4 Å². The third-order valence-electron chi connectivity index (χ3n) is 3.75. The molecule has 5 nitrogen and oxygen atoms in total. The molecule has 3 aromatic rings. The van der Waals surface area contributed by atoms with E-state index in [1.54, 1.807) is 30.3 Å². The van der Waals surface area contributed by atoms with E-state index < -0.39 is 19.3 Å². The lowest BCUT2D eigenvalue weighted by atomic mass is 10.2. The smallest absolute Gasteiger partial charge is 0.348 e. The van der Waals surface area contributed by atoms with E-state index in [0.29, 0.717) is 9.90 Å². The Bertz CT molecular complexity index is 1020. The Kier molecular flexibility index (Phi) is 5.67. The number of benzene rings is 2. The molecule has 0 saturated carbocycles. The van der Waals surface area contributed by atoms with Crippen molar-refractivity contribution in [3.8, 4) is 10.4 Å². The third kappa shape index (κ3) is 4.22. The van der Waals surface area contributed by atoms with Gasteiger partial charge in [0.15, 0.2) is 0 Å². The van der Waals surface area contributed by atoms with Crippen molar-refractivity contribution in [2.45, 2.75) is 0 Å². The zero-order valence-corrected chi connectivity index (χ0v) is 16.4. The molecule has 0 aliphatic heterocycles. The van der Waals surface area contributed by atoms with Crippen molar-refractivity contribution in [2.24, 2.45) is 0 Å². The number of halogens is 2. The Morgan fingerprint density at radius 3 is 2.37 bits per heavy atom. The van der Waals surface area contributed by atoms with E-state index in [1.165, 1.54) is 19.2 Å². The monoisotopic (exact) mass is 425 g/mol. The Morgan fingerprint density at radius 2 is 1.81 bits per heavy atom. The van der Waals surface area contributed by atoms with Crippen LogP contribution in [-0.2, 0) is 9.09 Å². The number of carboxylic acid groups (broad SMARTS) is 1. The first-order chi connectivity index (χ1) is 12.8. The van der Waals surface area contributed by atoms with Crippen LogP contribution in [-0.4, -0.2) is 18.2 Å². The Balaban J connectivity index is 2.02. The van der Waals surface area contributed by atoms with Gasteiger partial charge in [-0.15, -0.1) is 11.3 Å². The maximum atomic E-state index is 13.2. The van der Waals surface area contributed by atoms with E-state index in [1.807, 2.05) is 0 Å². The summed E-state index contributed by atoms with van der Waals surface area (Å²) in [6, 6.07) is 13.5.